The third kappa shape index (κ3) is 4.20. The van der Waals surface area contributed by atoms with Gasteiger partial charge in [-0.3, -0.25) is 4.79 Å². The summed E-state index contributed by atoms with van der Waals surface area (Å²) in [5, 5.41) is 3.70. The lowest BCUT2D eigenvalue weighted by molar-refractivity contribution is 0.0939. The maximum absolute atomic E-state index is 11.8. The number of hydrogen-bond donors (Lipinski definition) is 1. The summed E-state index contributed by atoms with van der Waals surface area (Å²) in [4.78, 5) is 11.8. The molecule has 2 nitrogen and oxygen atoms in total. The molecule has 0 saturated heterocycles. The molecule has 5 heteroatoms. The number of amides is 1. The van der Waals surface area contributed by atoms with Crippen LogP contribution in [0.5, 0.6) is 0 Å². The highest BCUT2D eigenvalue weighted by molar-refractivity contribution is 6.35. The molecule has 88 valence electrons. The molecule has 0 aliphatic carbocycles. The second kappa shape index (κ2) is 6.33. The molecule has 1 N–H and O–H groups in total. The van der Waals surface area contributed by atoms with Crippen LogP contribution in [0.1, 0.15) is 23.7 Å². The third-order valence-electron chi connectivity index (χ3n) is 2.04. The van der Waals surface area contributed by atoms with Gasteiger partial charge in [-0.2, -0.15) is 0 Å². The molecule has 0 heterocycles. The Morgan fingerprint density at radius 3 is 2.38 bits per heavy atom. The highest BCUT2D eigenvalue weighted by Crippen LogP contribution is 2.19. The maximum atomic E-state index is 11.8. The molecule has 0 aromatic heterocycles. The number of hydrogen-bond acceptors (Lipinski definition) is 1. The highest BCUT2D eigenvalue weighted by atomic mass is 35.5. The van der Waals surface area contributed by atoms with Crippen molar-refractivity contribution >= 4 is 40.7 Å². The Morgan fingerprint density at radius 2 is 1.88 bits per heavy atom. The van der Waals surface area contributed by atoms with E-state index < -0.39 is 0 Å². The Hall–Kier alpha value is -0.440. The van der Waals surface area contributed by atoms with Gasteiger partial charge in [0.2, 0.25) is 0 Å². The van der Waals surface area contributed by atoms with Crippen LogP contribution in [0.4, 0.5) is 0 Å². The Bertz CT molecular complexity index is 361. The van der Waals surface area contributed by atoms with Gasteiger partial charge in [-0.1, -0.05) is 23.2 Å². The number of rotatable bonds is 4. The van der Waals surface area contributed by atoms with Gasteiger partial charge in [0.1, 0.15) is 0 Å². The molecule has 0 aliphatic heterocycles. The van der Waals surface area contributed by atoms with Gasteiger partial charge in [-0.05, 0) is 31.5 Å². The zero-order valence-corrected chi connectivity index (χ0v) is 11.0. The summed E-state index contributed by atoms with van der Waals surface area (Å²) >= 11 is 17.2. The maximum Gasteiger partial charge on any atom is 0.251 e. The van der Waals surface area contributed by atoms with Crippen molar-refractivity contribution in [1.29, 1.82) is 0 Å². The van der Waals surface area contributed by atoms with Gasteiger partial charge in [0.15, 0.2) is 0 Å². The molecule has 0 spiro atoms. The second-order valence-electron chi connectivity index (χ2n) is 3.51. The number of nitrogens with one attached hydrogen (secondary N) is 1. The number of alkyl halides is 1. The normalized spacial score (nSPS) is 12.2. The molecule has 0 radical (unpaired) electrons. The van der Waals surface area contributed by atoms with Crippen LogP contribution in [0.15, 0.2) is 18.2 Å². The van der Waals surface area contributed by atoms with Gasteiger partial charge >= 0.3 is 0 Å². The fourth-order valence-corrected chi connectivity index (χ4v) is 2.08. The fraction of sp³-hybridized carbons (Fsp3) is 0.364. The lowest BCUT2D eigenvalue weighted by Gasteiger charge is -2.12. The molecule has 1 atom stereocenters. The van der Waals surface area contributed by atoms with Gasteiger partial charge in [0.05, 0.1) is 0 Å². The lowest BCUT2D eigenvalue weighted by Crippen LogP contribution is -2.32. The molecule has 0 fully saturated rings. The molecule has 1 rings (SSSR count). The molecule has 0 aliphatic rings. The zero-order chi connectivity index (χ0) is 12.1. The van der Waals surface area contributed by atoms with Crippen molar-refractivity contribution in [3.8, 4) is 0 Å². The number of benzene rings is 1. The number of carbonyl (C=O) groups excluding carboxylic acids is 1. The smallest absolute Gasteiger partial charge is 0.251 e. The quantitative estimate of drug-likeness (QED) is 0.836. The molecule has 1 aromatic rings. The molecule has 16 heavy (non-hydrogen) atoms. The first-order valence-corrected chi connectivity index (χ1v) is 6.15. The van der Waals surface area contributed by atoms with Crippen LogP contribution in [0.3, 0.4) is 0 Å². The summed E-state index contributed by atoms with van der Waals surface area (Å²) in [5.74, 6) is 0.319. The fourth-order valence-electron chi connectivity index (χ4n) is 1.23. The molecule has 1 amide bonds. The first-order valence-electron chi connectivity index (χ1n) is 4.86. The van der Waals surface area contributed by atoms with Crippen LogP contribution in [-0.2, 0) is 0 Å². The summed E-state index contributed by atoms with van der Waals surface area (Å²) in [7, 11) is 0. The van der Waals surface area contributed by atoms with Crippen molar-refractivity contribution in [2.75, 3.05) is 5.88 Å². The van der Waals surface area contributed by atoms with E-state index in [2.05, 4.69) is 5.32 Å². The predicted octanol–water partition coefficient (Wildman–Crippen LogP) is 3.74. The van der Waals surface area contributed by atoms with Gasteiger partial charge < -0.3 is 5.32 Å². The van der Waals surface area contributed by atoms with E-state index in [0.29, 0.717) is 21.5 Å². The van der Waals surface area contributed by atoms with Crippen molar-refractivity contribution in [3.05, 3.63) is 33.8 Å². The summed E-state index contributed by atoms with van der Waals surface area (Å²) < 4.78 is 0. The summed E-state index contributed by atoms with van der Waals surface area (Å²) in [6, 6.07) is 4.77. The van der Waals surface area contributed by atoms with Crippen molar-refractivity contribution in [1.82, 2.24) is 5.32 Å². The third-order valence-corrected chi connectivity index (χ3v) is 2.70. The van der Waals surface area contributed by atoms with E-state index >= 15 is 0 Å². The minimum absolute atomic E-state index is 0.0303. The minimum atomic E-state index is -0.193. The molecular weight excluding hydrogens is 268 g/mol. The van der Waals surface area contributed by atoms with Crippen LogP contribution >= 0.6 is 34.8 Å². The van der Waals surface area contributed by atoms with Crippen molar-refractivity contribution in [2.24, 2.45) is 0 Å². The van der Waals surface area contributed by atoms with Crippen molar-refractivity contribution < 1.29 is 4.79 Å². The summed E-state index contributed by atoms with van der Waals surface area (Å²) in [6.45, 7) is 1.90. The topological polar surface area (TPSA) is 29.1 Å². The van der Waals surface area contributed by atoms with Gasteiger partial charge in [0.25, 0.3) is 5.91 Å². The first-order chi connectivity index (χ1) is 7.52. The average Bonchev–Trinajstić information content (AvgIpc) is 2.16. The Kier molecular flexibility index (Phi) is 5.39. The van der Waals surface area contributed by atoms with Crippen LogP contribution in [0, 0.1) is 0 Å². The first kappa shape index (κ1) is 13.6. The zero-order valence-electron chi connectivity index (χ0n) is 8.77. The second-order valence-corrected chi connectivity index (χ2v) is 4.76. The number of carbonyl (C=O) groups is 1. The van der Waals surface area contributed by atoms with Gasteiger partial charge in [-0.25, -0.2) is 0 Å². The number of halogens is 3. The largest absolute Gasteiger partial charge is 0.350 e. The van der Waals surface area contributed by atoms with E-state index in [9.17, 15) is 4.79 Å². The van der Waals surface area contributed by atoms with E-state index in [4.69, 9.17) is 34.8 Å². The van der Waals surface area contributed by atoms with E-state index in [1.807, 2.05) is 6.92 Å². The van der Waals surface area contributed by atoms with E-state index in [0.717, 1.165) is 6.42 Å². The molecule has 0 saturated carbocycles. The minimum Gasteiger partial charge on any atom is -0.350 e. The van der Waals surface area contributed by atoms with Crippen LogP contribution in [0.2, 0.25) is 10.0 Å². The van der Waals surface area contributed by atoms with Gasteiger partial charge in [-0.15, -0.1) is 11.6 Å². The molecule has 0 bridgehead atoms. The lowest BCUT2D eigenvalue weighted by atomic mass is 10.2. The van der Waals surface area contributed by atoms with E-state index in [-0.39, 0.29) is 11.9 Å². The summed E-state index contributed by atoms with van der Waals surface area (Å²) in [5.41, 5.74) is 0.457. The van der Waals surface area contributed by atoms with Crippen LogP contribution < -0.4 is 5.32 Å². The van der Waals surface area contributed by atoms with E-state index in [1.54, 1.807) is 18.2 Å². The van der Waals surface area contributed by atoms with Crippen LogP contribution in [0.25, 0.3) is 0 Å². The standard InChI is InChI=1S/C11H12Cl3NO/c1-7(2-3-12)15-11(16)8-4-9(13)6-10(14)5-8/h4-7H,2-3H2,1H3,(H,15,16). The molecule has 1 aromatic carbocycles. The summed E-state index contributed by atoms with van der Waals surface area (Å²) in [6.07, 6.45) is 0.724. The average molecular weight is 281 g/mol. The monoisotopic (exact) mass is 279 g/mol. The van der Waals surface area contributed by atoms with E-state index in [1.165, 1.54) is 0 Å². The highest BCUT2D eigenvalue weighted by Gasteiger charge is 2.10. The predicted molar refractivity (Wildman–Crippen MR) is 68.7 cm³/mol. The SMILES string of the molecule is CC(CCCl)NC(=O)c1cc(Cl)cc(Cl)c1. The molecular formula is C11H12Cl3NO. The van der Waals surface area contributed by atoms with Crippen molar-refractivity contribution in [2.45, 2.75) is 19.4 Å². The van der Waals surface area contributed by atoms with Crippen molar-refractivity contribution in [3.63, 3.8) is 0 Å². The Labute approximate surface area is 110 Å². The Balaban J connectivity index is 2.72. The van der Waals surface area contributed by atoms with Gasteiger partial charge in [0, 0.05) is 27.5 Å². The Morgan fingerprint density at radius 1 is 1.31 bits per heavy atom. The van der Waals surface area contributed by atoms with Crippen LogP contribution in [-0.4, -0.2) is 17.8 Å². The molecule has 1 unspecified atom stereocenters.